The highest BCUT2D eigenvalue weighted by molar-refractivity contribution is 5.49. The van der Waals surface area contributed by atoms with Crippen molar-refractivity contribution in [3.8, 4) is 11.5 Å². The van der Waals surface area contributed by atoms with Crippen molar-refractivity contribution < 1.29 is 9.66 Å². The molecule has 2 aromatic carbocycles. The van der Waals surface area contributed by atoms with Crippen LogP contribution in [0.5, 0.6) is 11.5 Å². The minimum Gasteiger partial charge on any atom is -0.457 e. The number of hydrogen-bond acceptors (Lipinski definition) is 4. The van der Waals surface area contributed by atoms with E-state index in [4.69, 9.17) is 4.74 Å². The van der Waals surface area contributed by atoms with E-state index in [1.54, 1.807) is 19.1 Å². The van der Waals surface area contributed by atoms with Crippen molar-refractivity contribution in [2.45, 2.75) is 19.9 Å². The normalized spacial score (nSPS) is 12.0. The summed E-state index contributed by atoms with van der Waals surface area (Å²) in [6.45, 7) is 3.76. The largest absolute Gasteiger partial charge is 0.457 e. The number of nitro benzene ring substituents is 1. The average molecular weight is 286 g/mol. The summed E-state index contributed by atoms with van der Waals surface area (Å²) in [4.78, 5) is 10.5. The van der Waals surface area contributed by atoms with Crippen LogP contribution in [-0.2, 0) is 0 Å². The minimum absolute atomic E-state index is 0.0629. The monoisotopic (exact) mass is 286 g/mol. The fourth-order valence-electron chi connectivity index (χ4n) is 2.03. The van der Waals surface area contributed by atoms with Gasteiger partial charge in [-0.25, -0.2) is 0 Å². The maximum Gasteiger partial charge on any atom is 0.276 e. The van der Waals surface area contributed by atoms with Crippen LogP contribution in [0.1, 0.15) is 24.1 Å². The first-order valence-electron chi connectivity index (χ1n) is 6.72. The van der Waals surface area contributed by atoms with Crippen LogP contribution in [0.4, 0.5) is 5.69 Å². The third-order valence-electron chi connectivity index (χ3n) is 3.49. The smallest absolute Gasteiger partial charge is 0.276 e. The van der Waals surface area contributed by atoms with Gasteiger partial charge < -0.3 is 10.1 Å². The Balaban J connectivity index is 2.22. The van der Waals surface area contributed by atoms with Crippen LogP contribution in [0.2, 0.25) is 0 Å². The van der Waals surface area contributed by atoms with Crippen LogP contribution in [0.25, 0.3) is 0 Å². The lowest BCUT2D eigenvalue weighted by Crippen LogP contribution is -2.11. The van der Waals surface area contributed by atoms with Crippen molar-refractivity contribution in [3.63, 3.8) is 0 Å². The molecule has 1 N–H and O–H groups in total. The van der Waals surface area contributed by atoms with E-state index in [0.717, 1.165) is 5.56 Å². The van der Waals surface area contributed by atoms with Gasteiger partial charge in [0.15, 0.2) is 0 Å². The molecule has 1 atom stereocenters. The summed E-state index contributed by atoms with van der Waals surface area (Å²) < 4.78 is 5.74. The zero-order chi connectivity index (χ0) is 15.4. The van der Waals surface area contributed by atoms with Crippen LogP contribution >= 0.6 is 0 Å². The van der Waals surface area contributed by atoms with E-state index in [2.05, 4.69) is 12.2 Å². The van der Waals surface area contributed by atoms with Crippen LogP contribution in [0.15, 0.2) is 42.5 Å². The Hall–Kier alpha value is -2.40. The number of hydrogen-bond donors (Lipinski definition) is 1. The van der Waals surface area contributed by atoms with Gasteiger partial charge in [-0.3, -0.25) is 10.1 Å². The van der Waals surface area contributed by atoms with Crippen LogP contribution in [-0.4, -0.2) is 12.0 Å². The Morgan fingerprint density at radius 1 is 1.19 bits per heavy atom. The molecule has 0 saturated heterocycles. The van der Waals surface area contributed by atoms with Gasteiger partial charge in [0, 0.05) is 12.1 Å². The Morgan fingerprint density at radius 2 is 1.86 bits per heavy atom. The first kappa shape index (κ1) is 15.0. The molecule has 0 aliphatic heterocycles. The second-order valence-electron chi connectivity index (χ2n) is 4.84. The standard InChI is InChI=1S/C16H18N2O3/c1-11-15(18(19)20)5-4-6-16(11)21-14-9-7-13(8-10-14)12(2)17-3/h4-10,12,17H,1-3H3. The Morgan fingerprint density at radius 3 is 2.43 bits per heavy atom. The molecule has 0 saturated carbocycles. The number of ether oxygens (including phenoxy) is 1. The topological polar surface area (TPSA) is 64.4 Å². The number of benzene rings is 2. The van der Waals surface area contributed by atoms with E-state index >= 15 is 0 Å². The predicted molar refractivity (Wildman–Crippen MR) is 81.8 cm³/mol. The van der Waals surface area contributed by atoms with Gasteiger partial charge in [-0.15, -0.1) is 0 Å². The van der Waals surface area contributed by atoms with Crippen molar-refractivity contribution in [1.82, 2.24) is 5.32 Å². The lowest BCUT2D eigenvalue weighted by atomic mass is 10.1. The van der Waals surface area contributed by atoms with Crippen molar-refractivity contribution >= 4 is 5.69 Å². The maximum atomic E-state index is 10.9. The zero-order valence-corrected chi connectivity index (χ0v) is 12.3. The molecule has 1 unspecified atom stereocenters. The molecule has 0 aliphatic carbocycles. The van der Waals surface area contributed by atoms with E-state index in [9.17, 15) is 10.1 Å². The van der Waals surface area contributed by atoms with Crippen LogP contribution < -0.4 is 10.1 Å². The molecule has 5 heteroatoms. The van der Waals surface area contributed by atoms with Gasteiger partial charge in [0.1, 0.15) is 11.5 Å². The third-order valence-corrected chi connectivity index (χ3v) is 3.49. The second kappa shape index (κ2) is 6.37. The first-order valence-corrected chi connectivity index (χ1v) is 6.72. The van der Waals surface area contributed by atoms with Crippen LogP contribution in [0, 0.1) is 17.0 Å². The van der Waals surface area contributed by atoms with Crippen LogP contribution in [0.3, 0.4) is 0 Å². The molecule has 0 bridgehead atoms. The van der Waals surface area contributed by atoms with Crippen molar-refractivity contribution in [2.75, 3.05) is 7.05 Å². The van der Waals surface area contributed by atoms with E-state index in [1.807, 2.05) is 31.3 Å². The number of nitrogens with zero attached hydrogens (tertiary/aromatic N) is 1. The molecule has 0 spiro atoms. The molecular formula is C16H18N2O3. The Bertz CT molecular complexity index is 638. The van der Waals surface area contributed by atoms with Gasteiger partial charge in [-0.2, -0.15) is 0 Å². The fourth-order valence-corrected chi connectivity index (χ4v) is 2.03. The fraction of sp³-hybridized carbons (Fsp3) is 0.250. The minimum atomic E-state index is -0.403. The summed E-state index contributed by atoms with van der Waals surface area (Å²) in [5.74, 6) is 1.16. The first-order chi connectivity index (χ1) is 10.0. The molecule has 0 heterocycles. The zero-order valence-electron chi connectivity index (χ0n) is 12.3. The summed E-state index contributed by atoms with van der Waals surface area (Å²) in [5, 5.41) is 14.1. The molecule has 5 nitrogen and oxygen atoms in total. The maximum absolute atomic E-state index is 10.9. The molecule has 0 aromatic heterocycles. The van der Waals surface area contributed by atoms with Gasteiger partial charge >= 0.3 is 0 Å². The third kappa shape index (κ3) is 3.38. The van der Waals surface area contributed by atoms with E-state index in [1.165, 1.54) is 6.07 Å². The van der Waals surface area contributed by atoms with Crippen molar-refractivity contribution in [1.29, 1.82) is 0 Å². The molecule has 21 heavy (non-hydrogen) atoms. The number of nitro groups is 1. The number of rotatable bonds is 5. The SMILES string of the molecule is CNC(C)c1ccc(Oc2cccc([N+](=O)[O-])c2C)cc1. The van der Waals surface area contributed by atoms with Gasteiger partial charge in [0.2, 0.25) is 0 Å². The predicted octanol–water partition coefficient (Wildman–Crippen LogP) is 3.98. The lowest BCUT2D eigenvalue weighted by Gasteiger charge is -2.12. The van der Waals surface area contributed by atoms with Gasteiger partial charge in [0.05, 0.1) is 10.5 Å². The van der Waals surface area contributed by atoms with E-state index < -0.39 is 4.92 Å². The summed E-state index contributed by atoms with van der Waals surface area (Å²) in [5.41, 5.74) is 1.74. The van der Waals surface area contributed by atoms with Crippen molar-refractivity contribution in [2.24, 2.45) is 0 Å². The summed E-state index contributed by atoms with van der Waals surface area (Å²) in [7, 11) is 1.90. The Kier molecular flexibility index (Phi) is 4.55. The van der Waals surface area contributed by atoms with Crippen molar-refractivity contribution in [3.05, 3.63) is 63.7 Å². The average Bonchev–Trinajstić information content (AvgIpc) is 2.49. The second-order valence-corrected chi connectivity index (χ2v) is 4.84. The highest BCUT2D eigenvalue weighted by atomic mass is 16.6. The van der Waals surface area contributed by atoms with E-state index in [-0.39, 0.29) is 11.7 Å². The summed E-state index contributed by atoms with van der Waals surface area (Å²) in [6.07, 6.45) is 0. The summed E-state index contributed by atoms with van der Waals surface area (Å²) in [6, 6.07) is 12.8. The molecule has 2 aromatic rings. The lowest BCUT2D eigenvalue weighted by molar-refractivity contribution is -0.385. The highest BCUT2D eigenvalue weighted by Gasteiger charge is 2.14. The van der Waals surface area contributed by atoms with Gasteiger partial charge in [0.25, 0.3) is 5.69 Å². The van der Waals surface area contributed by atoms with E-state index in [0.29, 0.717) is 17.1 Å². The molecule has 2 rings (SSSR count). The van der Waals surface area contributed by atoms with Gasteiger partial charge in [-0.1, -0.05) is 18.2 Å². The molecule has 110 valence electrons. The molecular weight excluding hydrogens is 268 g/mol. The number of nitrogens with one attached hydrogen (secondary N) is 1. The quantitative estimate of drug-likeness (QED) is 0.667. The Labute approximate surface area is 123 Å². The molecule has 0 radical (unpaired) electrons. The molecule has 0 fully saturated rings. The molecule has 0 amide bonds. The van der Waals surface area contributed by atoms with Gasteiger partial charge in [-0.05, 0) is 44.7 Å². The molecule has 0 aliphatic rings. The summed E-state index contributed by atoms with van der Waals surface area (Å²) >= 11 is 0. The highest BCUT2D eigenvalue weighted by Crippen LogP contribution is 2.31.